The quantitative estimate of drug-likeness (QED) is 0.128. The van der Waals surface area contributed by atoms with Gasteiger partial charge >= 0.3 is 0 Å². The summed E-state index contributed by atoms with van der Waals surface area (Å²) in [6.07, 6.45) is 0. The summed E-state index contributed by atoms with van der Waals surface area (Å²) in [5, 5.41) is 23.6. The molecule has 0 aliphatic rings. The molecular weight excluding hydrogens is 1070 g/mol. The van der Waals surface area contributed by atoms with Crippen molar-refractivity contribution < 1.29 is 0 Å². The minimum absolute atomic E-state index is 0.583. The Bertz CT molecular complexity index is 5150. The van der Waals surface area contributed by atoms with Crippen molar-refractivity contribution >= 4 is 55.0 Å². The molecule has 8 heteroatoms. The molecule has 0 atom stereocenters. The molecule has 15 rings (SSSR count). The van der Waals surface area contributed by atoms with Crippen LogP contribution in [0, 0.1) is 35.8 Å². The molecule has 12 aromatic carbocycles. The van der Waals surface area contributed by atoms with Crippen LogP contribution in [-0.2, 0) is 0 Å². The predicted molar refractivity (Wildman–Crippen MR) is 356 cm³/mol. The molecule has 15 aromatic rings. The first kappa shape index (κ1) is 52.1. The van der Waals surface area contributed by atoms with Gasteiger partial charge in [-0.2, -0.15) is 10.5 Å². The zero-order chi connectivity index (χ0) is 59.2. The molecule has 0 amide bonds. The molecule has 3 heterocycles. The number of hydrogen-bond acceptors (Lipinski definition) is 4. The van der Waals surface area contributed by atoms with Crippen LogP contribution >= 0.6 is 0 Å². The molecule has 0 unspecified atom stereocenters. The van der Waals surface area contributed by atoms with Crippen LogP contribution < -0.4 is 0 Å². The van der Waals surface area contributed by atoms with Gasteiger partial charge in [0.15, 0.2) is 17.2 Å². The topological polar surface area (TPSA) is 91.9 Å². The highest BCUT2D eigenvalue weighted by Gasteiger charge is 2.24. The average molecular weight is 1120 g/mol. The van der Waals surface area contributed by atoms with Gasteiger partial charge in [-0.1, -0.05) is 188 Å². The highest BCUT2D eigenvalue weighted by atomic mass is 15.0. The van der Waals surface area contributed by atoms with Gasteiger partial charge in [0, 0.05) is 49.4 Å². The maximum absolute atomic E-state index is 9.69. The number of benzene rings is 12. The summed E-state index contributed by atoms with van der Waals surface area (Å²) in [4.78, 5) is 17.9. The van der Waals surface area contributed by atoms with Crippen LogP contribution in [0.1, 0.15) is 11.1 Å². The first-order valence-corrected chi connectivity index (χ1v) is 28.8. The van der Waals surface area contributed by atoms with Crippen LogP contribution in [0.15, 0.2) is 279 Å². The molecule has 3 aromatic heterocycles. The van der Waals surface area contributed by atoms with Gasteiger partial charge in [-0.05, 0) is 136 Å². The zero-order valence-electron chi connectivity index (χ0n) is 47.1. The number of rotatable bonds is 10. The SMILES string of the molecule is [C-]#[N+]c1ccc(-c2ccc3c(c2)c2cc(-c4ccc([N+]#[C-])cc4)ccc2n3-c2cc(-c3cc(-c4ccccc4)nc(-c4ccccc4)n3)ccc2-c2ccccc2-n2c3ccc(-c4ccc(C#N)cc4)cc3c3cc(-c4ccc(C#N)cc4)ccc32)cc1. The van der Waals surface area contributed by atoms with Crippen molar-refractivity contribution in [2.24, 2.45) is 0 Å². The molecular formula is C80H46N8. The Labute approximate surface area is 507 Å². The van der Waals surface area contributed by atoms with E-state index in [9.17, 15) is 10.5 Å². The molecule has 0 aliphatic carbocycles. The Balaban J connectivity index is 1.01. The third kappa shape index (κ3) is 9.26. The molecule has 0 fully saturated rings. The Morgan fingerprint density at radius 3 is 1.08 bits per heavy atom. The Kier molecular flexibility index (Phi) is 12.9. The Morgan fingerprint density at radius 1 is 0.295 bits per heavy atom. The third-order valence-electron chi connectivity index (χ3n) is 16.7. The molecule has 0 bridgehead atoms. The van der Waals surface area contributed by atoms with Crippen molar-refractivity contribution in [2.75, 3.05) is 0 Å². The lowest BCUT2D eigenvalue weighted by Crippen LogP contribution is -2.02. The average Bonchev–Trinajstić information content (AvgIpc) is 1.63. The van der Waals surface area contributed by atoms with Gasteiger partial charge in [0.05, 0.1) is 81.2 Å². The van der Waals surface area contributed by atoms with Crippen molar-refractivity contribution in [1.29, 1.82) is 10.5 Å². The summed E-state index contributed by atoms with van der Waals surface area (Å²) in [6.45, 7) is 15.3. The van der Waals surface area contributed by atoms with Crippen LogP contribution in [0.4, 0.5) is 11.4 Å². The maximum Gasteiger partial charge on any atom is 0.187 e. The van der Waals surface area contributed by atoms with E-state index < -0.39 is 0 Å². The molecule has 0 saturated carbocycles. The predicted octanol–water partition coefficient (Wildman–Crippen LogP) is 20.9. The molecule has 406 valence electrons. The summed E-state index contributed by atoms with van der Waals surface area (Å²) in [5.41, 5.74) is 22.8. The van der Waals surface area contributed by atoms with Crippen molar-refractivity contribution in [3.8, 4) is 113 Å². The fourth-order valence-electron chi connectivity index (χ4n) is 12.3. The second-order valence-electron chi connectivity index (χ2n) is 21.7. The lowest BCUT2D eigenvalue weighted by molar-refractivity contribution is 1.15. The summed E-state index contributed by atoms with van der Waals surface area (Å²) in [6, 6.07) is 100.0. The standard InChI is InChI=1S/C80H46N8/c1-83-64-34-25-55(26-35-64)61-32-41-77-70(45-61)71-46-62(56-27-36-65(84-2)37-28-56)33-42-78(71)88(77)79-47-63(73-48-72(57-11-5-3-6-12-57)85-80(86-73)58-13-7-4-8-14-58)29-38-67(79)66-15-9-10-16-74(66)87-75-39-30-59(53-21-17-51(49-81)18-22-53)43-68(75)69-44-60(31-40-76(69)87)54-23-19-52(50-82)20-24-54/h3-48H. The van der Waals surface area contributed by atoms with Gasteiger partial charge in [-0.3, -0.25) is 0 Å². The van der Waals surface area contributed by atoms with E-state index in [0.29, 0.717) is 28.3 Å². The van der Waals surface area contributed by atoms with Crippen molar-refractivity contribution in [3.63, 3.8) is 0 Å². The lowest BCUT2D eigenvalue weighted by atomic mass is 9.97. The minimum Gasteiger partial charge on any atom is -0.309 e. The normalized spacial score (nSPS) is 11.1. The first-order valence-electron chi connectivity index (χ1n) is 28.8. The number of aromatic nitrogens is 4. The summed E-state index contributed by atoms with van der Waals surface area (Å²) in [5.74, 6) is 0.620. The van der Waals surface area contributed by atoms with E-state index in [0.717, 1.165) is 139 Å². The van der Waals surface area contributed by atoms with Gasteiger partial charge in [0.2, 0.25) is 0 Å². The molecule has 0 N–H and O–H groups in total. The third-order valence-corrected chi connectivity index (χ3v) is 16.7. The molecule has 8 nitrogen and oxygen atoms in total. The lowest BCUT2D eigenvalue weighted by Gasteiger charge is -2.20. The summed E-state index contributed by atoms with van der Waals surface area (Å²) >= 11 is 0. The van der Waals surface area contributed by atoms with Crippen molar-refractivity contribution in [3.05, 3.63) is 313 Å². The van der Waals surface area contributed by atoms with Gasteiger partial charge < -0.3 is 9.13 Å². The number of nitrogens with zero attached hydrogens (tertiary/aromatic N) is 8. The Hall–Kier alpha value is -12.7. The van der Waals surface area contributed by atoms with E-state index in [1.54, 1.807) is 0 Å². The van der Waals surface area contributed by atoms with Crippen molar-refractivity contribution in [1.82, 2.24) is 19.1 Å². The molecule has 0 saturated heterocycles. The van der Waals surface area contributed by atoms with E-state index >= 15 is 0 Å². The number of fused-ring (bicyclic) bond motifs is 6. The monoisotopic (exact) mass is 1120 g/mol. The number of hydrogen-bond donors (Lipinski definition) is 0. The van der Waals surface area contributed by atoms with E-state index in [4.69, 9.17) is 23.1 Å². The smallest absolute Gasteiger partial charge is 0.187 e. The molecule has 0 radical (unpaired) electrons. The first-order chi connectivity index (χ1) is 43.4. The molecule has 88 heavy (non-hydrogen) atoms. The highest BCUT2D eigenvalue weighted by molar-refractivity contribution is 6.14. The van der Waals surface area contributed by atoms with Crippen molar-refractivity contribution in [2.45, 2.75) is 0 Å². The number of para-hydroxylation sites is 1. The van der Waals surface area contributed by atoms with Crippen LogP contribution in [0.3, 0.4) is 0 Å². The van der Waals surface area contributed by atoms with Crippen LogP contribution in [0.5, 0.6) is 0 Å². The van der Waals surface area contributed by atoms with E-state index in [1.165, 1.54) is 0 Å². The van der Waals surface area contributed by atoms with Gasteiger partial charge in [-0.15, -0.1) is 0 Å². The zero-order valence-corrected chi connectivity index (χ0v) is 47.1. The van der Waals surface area contributed by atoms with Gasteiger partial charge in [-0.25, -0.2) is 19.7 Å². The highest BCUT2D eigenvalue weighted by Crippen LogP contribution is 2.45. The summed E-state index contributed by atoms with van der Waals surface area (Å²) in [7, 11) is 0. The van der Waals surface area contributed by atoms with Crippen LogP contribution in [-0.4, -0.2) is 19.1 Å². The largest absolute Gasteiger partial charge is 0.309 e. The van der Waals surface area contributed by atoms with Gasteiger partial charge in [0.1, 0.15) is 0 Å². The fourth-order valence-corrected chi connectivity index (χ4v) is 12.3. The maximum atomic E-state index is 9.69. The van der Waals surface area contributed by atoms with Gasteiger partial charge in [0.25, 0.3) is 0 Å². The van der Waals surface area contributed by atoms with E-state index in [-0.39, 0.29) is 0 Å². The summed E-state index contributed by atoms with van der Waals surface area (Å²) < 4.78 is 4.78. The van der Waals surface area contributed by atoms with Crippen LogP contribution in [0.25, 0.3) is 154 Å². The second kappa shape index (κ2) is 21.8. The Morgan fingerprint density at radius 2 is 0.648 bits per heavy atom. The molecule has 0 aliphatic heterocycles. The fraction of sp³-hybridized carbons (Fsp3) is 0. The second-order valence-corrected chi connectivity index (χ2v) is 21.7. The van der Waals surface area contributed by atoms with E-state index in [2.05, 4.69) is 177 Å². The molecule has 0 spiro atoms. The van der Waals surface area contributed by atoms with Crippen LogP contribution in [0.2, 0.25) is 0 Å². The van der Waals surface area contributed by atoms with E-state index in [1.807, 2.05) is 133 Å². The minimum atomic E-state index is 0.583. The number of nitriles is 2.